The first kappa shape index (κ1) is 18.3. The molecule has 3 rings (SSSR count). The summed E-state index contributed by atoms with van der Waals surface area (Å²) in [5.41, 5.74) is 2.00. The molecule has 0 unspecified atom stereocenters. The highest BCUT2D eigenvalue weighted by molar-refractivity contribution is 6.30. The van der Waals surface area contributed by atoms with Crippen molar-refractivity contribution in [2.45, 2.75) is 38.8 Å². The fourth-order valence-electron chi connectivity index (χ4n) is 3.12. The van der Waals surface area contributed by atoms with Gasteiger partial charge in [0.2, 0.25) is 5.91 Å². The van der Waals surface area contributed by atoms with Gasteiger partial charge in [0.1, 0.15) is 5.69 Å². The van der Waals surface area contributed by atoms with Gasteiger partial charge in [-0.2, -0.15) is 0 Å². The number of aromatic nitrogens is 2. The average Bonchev–Trinajstić information content (AvgIpc) is 3.09. The summed E-state index contributed by atoms with van der Waals surface area (Å²) in [6.45, 7) is 2.25. The maximum absolute atomic E-state index is 12.5. The number of amides is 2. The summed E-state index contributed by atoms with van der Waals surface area (Å²) in [7, 11) is 0. The lowest BCUT2D eigenvalue weighted by molar-refractivity contribution is -0.125. The van der Waals surface area contributed by atoms with Crippen molar-refractivity contribution in [2.24, 2.45) is 5.92 Å². The summed E-state index contributed by atoms with van der Waals surface area (Å²) < 4.78 is 0. The number of nitrogens with one attached hydrogen (secondary N) is 2. The molecule has 26 heavy (non-hydrogen) atoms. The van der Waals surface area contributed by atoms with Crippen LogP contribution in [-0.2, 0) is 11.3 Å². The van der Waals surface area contributed by atoms with E-state index in [1.54, 1.807) is 18.3 Å². The van der Waals surface area contributed by atoms with Crippen LogP contribution < -0.4 is 10.6 Å². The summed E-state index contributed by atoms with van der Waals surface area (Å²) in [6, 6.07) is 7.17. The minimum atomic E-state index is -0.292. The molecule has 0 aliphatic heterocycles. The van der Waals surface area contributed by atoms with Crippen LogP contribution in [0.1, 0.15) is 41.0 Å². The number of carbonyl (C=O) groups is 2. The molecule has 0 bridgehead atoms. The molecule has 1 aliphatic rings. The SMILES string of the molecule is Cc1cnc(C(=O)N[C@@H]2CCC[C@@H]2C(=O)NCc2ccc(Cl)cc2)cn1. The Hall–Kier alpha value is -2.47. The summed E-state index contributed by atoms with van der Waals surface area (Å²) >= 11 is 5.87. The van der Waals surface area contributed by atoms with Gasteiger partial charge in [-0.1, -0.05) is 30.2 Å². The van der Waals surface area contributed by atoms with Crippen molar-refractivity contribution < 1.29 is 9.59 Å². The highest BCUT2D eigenvalue weighted by atomic mass is 35.5. The first-order valence-corrected chi connectivity index (χ1v) is 9.02. The number of carbonyl (C=O) groups excluding carboxylic acids is 2. The molecule has 0 spiro atoms. The minimum absolute atomic E-state index is 0.0438. The predicted molar refractivity (Wildman–Crippen MR) is 98.7 cm³/mol. The van der Waals surface area contributed by atoms with E-state index >= 15 is 0 Å². The third-order valence-electron chi connectivity index (χ3n) is 4.56. The molecule has 7 heteroatoms. The molecule has 2 N–H and O–H groups in total. The zero-order chi connectivity index (χ0) is 18.5. The maximum Gasteiger partial charge on any atom is 0.271 e. The van der Waals surface area contributed by atoms with Crippen molar-refractivity contribution >= 4 is 23.4 Å². The van der Waals surface area contributed by atoms with Crippen molar-refractivity contribution in [1.82, 2.24) is 20.6 Å². The van der Waals surface area contributed by atoms with E-state index in [0.717, 1.165) is 30.5 Å². The third kappa shape index (κ3) is 4.58. The van der Waals surface area contributed by atoms with Gasteiger partial charge in [-0.3, -0.25) is 14.6 Å². The van der Waals surface area contributed by atoms with Crippen LogP contribution in [0.25, 0.3) is 0 Å². The lowest BCUT2D eigenvalue weighted by atomic mass is 10.0. The lowest BCUT2D eigenvalue weighted by Gasteiger charge is -2.20. The summed E-state index contributed by atoms with van der Waals surface area (Å²) in [5.74, 6) is -0.567. The number of hydrogen-bond donors (Lipinski definition) is 2. The van der Waals surface area contributed by atoms with E-state index < -0.39 is 0 Å². The van der Waals surface area contributed by atoms with Crippen LogP contribution in [0.2, 0.25) is 5.02 Å². The largest absolute Gasteiger partial charge is 0.352 e. The van der Waals surface area contributed by atoms with Crippen LogP contribution in [0.4, 0.5) is 0 Å². The van der Waals surface area contributed by atoms with Crippen LogP contribution in [0, 0.1) is 12.8 Å². The minimum Gasteiger partial charge on any atom is -0.352 e. The van der Waals surface area contributed by atoms with Crippen molar-refractivity contribution in [3.63, 3.8) is 0 Å². The Labute approximate surface area is 157 Å². The van der Waals surface area contributed by atoms with Crippen LogP contribution in [0.15, 0.2) is 36.7 Å². The van der Waals surface area contributed by atoms with Gasteiger partial charge in [-0.15, -0.1) is 0 Å². The maximum atomic E-state index is 12.5. The first-order chi connectivity index (χ1) is 12.5. The van der Waals surface area contributed by atoms with Crippen LogP contribution in [-0.4, -0.2) is 27.8 Å². The molecule has 0 saturated heterocycles. The van der Waals surface area contributed by atoms with E-state index in [9.17, 15) is 9.59 Å². The molecule has 2 aromatic rings. The molecular weight excluding hydrogens is 352 g/mol. The lowest BCUT2D eigenvalue weighted by Crippen LogP contribution is -2.44. The zero-order valence-electron chi connectivity index (χ0n) is 14.5. The van der Waals surface area contributed by atoms with Crippen molar-refractivity contribution in [2.75, 3.05) is 0 Å². The van der Waals surface area contributed by atoms with Gasteiger partial charge in [0.05, 0.1) is 17.8 Å². The van der Waals surface area contributed by atoms with E-state index in [2.05, 4.69) is 20.6 Å². The Morgan fingerprint density at radius 2 is 1.92 bits per heavy atom. The fraction of sp³-hybridized carbons (Fsp3) is 0.368. The average molecular weight is 373 g/mol. The number of nitrogens with zero attached hydrogens (tertiary/aromatic N) is 2. The standard InChI is InChI=1S/C19H21ClN4O2/c1-12-9-22-17(11-21-12)19(26)24-16-4-2-3-15(16)18(25)23-10-13-5-7-14(20)8-6-13/h5-9,11,15-16H,2-4,10H2,1H3,(H,23,25)(H,24,26)/t15-,16+/m0/s1. The second-order valence-corrected chi connectivity index (χ2v) is 6.94. The predicted octanol–water partition coefficient (Wildman–Crippen LogP) is 2.65. The molecular formula is C19H21ClN4O2. The van der Waals surface area contributed by atoms with Gasteiger partial charge in [0.15, 0.2) is 0 Å². The molecule has 1 aromatic heterocycles. The molecule has 0 radical (unpaired) electrons. The van der Waals surface area contributed by atoms with Crippen LogP contribution in [0.3, 0.4) is 0 Å². The second kappa shape index (κ2) is 8.27. The van der Waals surface area contributed by atoms with E-state index in [1.807, 2.05) is 19.1 Å². The van der Waals surface area contributed by atoms with Crippen LogP contribution in [0.5, 0.6) is 0 Å². The summed E-state index contributed by atoms with van der Waals surface area (Å²) in [6.07, 6.45) is 5.46. The van der Waals surface area contributed by atoms with Crippen LogP contribution >= 0.6 is 11.6 Å². The van der Waals surface area contributed by atoms with Crippen molar-refractivity contribution in [1.29, 1.82) is 0 Å². The van der Waals surface area contributed by atoms with Gasteiger partial charge in [-0.05, 0) is 37.5 Å². The molecule has 1 saturated carbocycles. The van der Waals surface area contributed by atoms with Gasteiger partial charge < -0.3 is 10.6 Å². The third-order valence-corrected chi connectivity index (χ3v) is 4.81. The highest BCUT2D eigenvalue weighted by Crippen LogP contribution is 2.26. The Balaban J connectivity index is 1.56. The summed E-state index contributed by atoms with van der Waals surface area (Å²) in [5, 5.41) is 6.55. The smallest absolute Gasteiger partial charge is 0.271 e. The van der Waals surface area contributed by atoms with Crippen molar-refractivity contribution in [3.05, 3.63) is 58.6 Å². The quantitative estimate of drug-likeness (QED) is 0.845. The number of aryl methyl sites for hydroxylation is 1. The highest BCUT2D eigenvalue weighted by Gasteiger charge is 2.34. The van der Waals surface area contributed by atoms with Gasteiger partial charge in [-0.25, -0.2) is 4.98 Å². The molecule has 136 valence electrons. The molecule has 1 heterocycles. The van der Waals surface area contributed by atoms with Crippen molar-refractivity contribution in [3.8, 4) is 0 Å². The molecule has 1 aliphatic carbocycles. The fourth-order valence-corrected chi connectivity index (χ4v) is 3.25. The monoisotopic (exact) mass is 372 g/mol. The number of halogens is 1. The molecule has 2 atom stereocenters. The van der Waals surface area contributed by atoms with E-state index in [-0.39, 0.29) is 29.5 Å². The Bertz CT molecular complexity index is 777. The normalized spacial score (nSPS) is 19.2. The zero-order valence-corrected chi connectivity index (χ0v) is 15.3. The van der Waals surface area contributed by atoms with Gasteiger partial charge >= 0.3 is 0 Å². The van der Waals surface area contributed by atoms with E-state index in [0.29, 0.717) is 11.6 Å². The molecule has 6 nitrogen and oxygen atoms in total. The Morgan fingerprint density at radius 1 is 1.15 bits per heavy atom. The molecule has 1 fully saturated rings. The number of rotatable bonds is 5. The van der Waals surface area contributed by atoms with E-state index in [1.165, 1.54) is 6.20 Å². The Kier molecular flexibility index (Phi) is 5.83. The molecule has 1 aromatic carbocycles. The van der Waals surface area contributed by atoms with Gasteiger partial charge in [0.25, 0.3) is 5.91 Å². The Morgan fingerprint density at radius 3 is 2.62 bits per heavy atom. The second-order valence-electron chi connectivity index (χ2n) is 6.50. The van der Waals surface area contributed by atoms with E-state index in [4.69, 9.17) is 11.6 Å². The number of benzene rings is 1. The van der Waals surface area contributed by atoms with Gasteiger partial charge in [0, 0.05) is 23.8 Å². The number of hydrogen-bond acceptors (Lipinski definition) is 4. The summed E-state index contributed by atoms with van der Waals surface area (Å²) in [4.78, 5) is 33.0. The molecule has 2 amide bonds. The first-order valence-electron chi connectivity index (χ1n) is 8.64. The topological polar surface area (TPSA) is 84.0 Å².